The van der Waals surface area contributed by atoms with Crippen LogP contribution in [-0.4, -0.2) is 12.1 Å². The van der Waals surface area contributed by atoms with Gasteiger partial charge in [-0.3, -0.25) is 0 Å². The molecular formula is C12H18N2. The van der Waals surface area contributed by atoms with Crippen molar-refractivity contribution in [1.29, 1.82) is 0 Å². The summed E-state index contributed by atoms with van der Waals surface area (Å²) in [4.78, 5) is 2.43. The average molecular weight is 190 g/mol. The second-order valence-corrected chi connectivity index (χ2v) is 4.96. The first-order valence-corrected chi connectivity index (χ1v) is 5.14. The van der Waals surface area contributed by atoms with E-state index in [0.29, 0.717) is 0 Å². The number of hydrogen-bond donors (Lipinski definition) is 1. The highest BCUT2D eigenvalue weighted by Gasteiger charge is 2.27. The second-order valence-electron chi connectivity index (χ2n) is 4.96. The summed E-state index contributed by atoms with van der Waals surface area (Å²) >= 11 is 0. The molecule has 2 nitrogen and oxygen atoms in total. The predicted octanol–water partition coefficient (Wildman–Crippen LogP) is 2.43. The van der Waals surface area contributed by atoms with Crippen molar-refractivity contribution in [1.82, 2.24) is 0 Å². The van der Waals surface area contributed by atoms with E-state index in [1.165, 1.54) is 11.3 Å². The molecule has 1 aromatic rings. The molecular weight excluding hydrogens is 172 g/mol. The van der Waals surface area contributed by atoms with Crippen molar-refractivity contribution in [3.05, 3.63) is 23.8 Å². The average Bonchev–Trinajstić information content (AvgIpc) is 2.45. The molecule has 2 N–H and O–H groups in total. The first kappa shape index (κ1) is 9.38. The molecule has 0 aliphatic carbocycles. The van der Waals surface area contributed by atoms with Crippen LogP contribution in [0.25, 0.3) is 0 Å². The SMILES string of the molecule is CC(C)(C)N1CCc2ccc(N)cc21. The normalized spacial score (nSPS) is 15.8. The Balaban J connectivity index is 2.43. The molecule has 0 unspecified atom stereocenters. The maximum absolute atomic E-state index is 5.81. The predicted molar refractivity (Wildman–Crippen MR) is 61.7 cm³/mol. The van der Waals surface area contributed by atoms with Crippen molar-refractivity contribution < 1.29 is 0 Å². The van der Waals surface area contributed by atoms with Crippen LogP contribution >= 0.6 is 0 Å². The number of nitrogens with two attached hydrogens (primary N) is 1. The molecule has 0 bridgehead atoms. The van der Waals surface area contributed by atoms with Gasteiger partial charge in [0.2, 0.25) is 0 Å². The lowest BCUT2D eigenvalue weighted by molar-refractivity contribution is 0.518. The first-order chi connectivity index (χ1) is 6.48. The number of rotatable bonds is 0. The third-order valence-electron chi connectivity index (χ3n) is 2.81. The van der Waals surface area contributed by atoms with Crippen LogP contribution in [0.2, 0.25) is 0 Å². The number of hydrogen-bond acceptors (Lipinski definition) is 2. The van der Waals surface area contributed by atoms with Crippen molar-refractivity contribution in [2.45, 2.75) is 32.7 Å². The standard InChI is InChI=1S/C12H18N2/c1-12(2,3)14-7-6-9-4-5-10(13)8-11(9)14/h4-5,8H,6-7,13H2,1-3H3. The summed E-state index contributed by atoms with van der Waals surface area (Å²) < 4.78 is 0. The van der Waals surface area contributed by atoms with Crippen LogP contribution in [0.3, 0.4) is 0 Å². The summed E-state index contributed by atoms with van der Waals surface area (Å²) in [5.74, 6) is 0. The molecule has 0 radical (unpaired) electrons. The number of anilines is 2. The summed E-state index contributed by atoms with van der Waals surface area (Å²) in [6, 6.07) is 6.23. The molecule has 0 atom stereocenters. The highest BCUT2D eigenvalue weighted by Crippen LogP contribution is 2.34. The van der Waals surface area contributed by atoms with Gasteiger partial charge in [0.1, 0.15) is 0 Å². The molecule has 76 valence electrons. The van der Waals surface area contributed by atoms with Crippen LogP contribution in [-0.2, 0) is 6.42 Å². The van der Waals surface area contributed by atoms with E-state index in [0.717, 1.165) is 18.7 Å². The number of nitrogen functional groups attached to an aromatic ring is 1. The fourth-order valence-corrected chi connectivity index (χ4v) is 2.09. The maximum atomic E-state index is 5.81. The van der Waals surface area contributed by atoms with Gasteiger partial charge in [0.05, 0.1) is 0 Å². The van der Waals surface area contributed by atoms with Gasteiger partial charge in [-0.2, -0.15) is 0 Å². The molecule has 0 fully saturated rings. The largest absolute Gasteiger partial charge is 0.399 e. The minimum Gasteiger partial charge on any atom is -0.399 e. The van der Waals surface area contributed by atoms with Gasteiger partial charge in [-0.25, -0.2) is 0 Å². The minimum atomic E-state index is 0.193. The minimum absolute atomic E-state index is 0.193. The van der Waals surface area contributed by atoms with E-state index in [9.17, 15) is 0 Å². The lowest BCUT2D eigenvalue weighted by Crippen LogP contribution is -2.40. The van der Waals surface area contributed by atoms with Crippen molar-refractivity contribution in [2.75, 3.05) is 17.2 Å². The molecule has 0 aromatic heterocycles. The van der Waals surface area contributed by atoms with Crippen molar-refractivity contribution in [3.63, 3.8) is 0 Å². The van der Waals surface area contributed by atoms with Crippen LogP contribution < -0.4 is 10.6 Å². The Morgan fingerprint density at radius 3 is 2.64 bits per heavy atom. The Hall–Kier alpha value is -1.18. The fraction of sp³-hybridized carbons (Fsp3) is 0.500. The second kappa shape index (κ2) is 2.91. The molecule has 1 aliphatic heterocycles. The highest BCUT2D eigenvalue weighted by atomic mass is 15.2. The fourth-order valence-electron chi connectivity index (χ4n) is 2.09. The van der Waals surface area contributed by atoms with Crippen molar-refractivity contribution in [2.24, 2.45) is 0 Å². The van der Waals surface area contributed by atoms with Gasteiger partial charge in [0.15, 0.2) is 0 Å². The van der Waals surface area contributed by atoms with Gasteiger partial charge < -0.3 is 10.6 Å². The monoisotopic (exact) mass is 190 g/mol. The van der Waals surface area contributed by atoms with Crippen LogP contribution in [0.15, 0.2) is 18.2 Å². The van der Waals surface area contributed by atoms with E-state index < -0.39 is 0 Å². The zero-order valence-electron chi connectivity index (χ0n) is 9.17. The zero-order valence-corrected chi connectivity index (χ0v) is 9.17. The summed E-state index contributed by atoms with van der Waals surface area (Å²) in [7, 11) is 0. The molecule has 1 aromatic carbocycles. The molecule has 2 rings (SSSR count). The summed E-state index contributed by atoms with van der Waals surface area (Å²) in [5.41, 5.74) is 9.61. The molecule has 0 saturated carbocycles. The smallest absolute Gasteiger partial charge is 0.0424 e. The summed E-state index contributed by atoms with van der Waals surface area (Å²) in [5, 5.41) is 0. The van der Waals surface area contributed by atoms with E-state index in [-0.39, 0.29) is 5.54 Å². The topological polar surface area (TPSA) is 29.3 Å². The van der Waals surface area contributed by atoms with Crippen LogP contribution in [0.5, 0.6) is 0 Å². The molecule has 0 saturated heterocycles. The van der Waals surface area contributed by atoms with Gasteiger partial charge in [0, 0.05) is 23.5 Å². The summed E-state index contributed by atoms with van der Waals surface area (Å²) in [6.45, 7) is 7.84. The van der Waals surface area contributed by atoms with Crippen molar-refractivity contribution in [3.8, 4) is 0 Å². The van der Waals surface area contributed by atoms with Gasteiger partial charge in [-0.1, -0.05) is 6.07 Å². The van der Waals surface area contributed by atoms with Crippen molar-refractivity contribution >= 4 is 11.4 Å². The van der Waals surface area contributed by atoms with Gasteiger partial charge in [-0.15, -0.1) is 0 Å². The third-order valence-corrected chi connectivity index (χ3v) is 2.81. The molecule has 0 spiro atoms. The summed E-state index contributed by atoms with van der Waals surface area (Å²) in [6.07, 6.45) is 1.15. The Morgan fingerprint density at radius 2 is 2.00 bits per heavy atom. The molecule has 14 heavy (non-hydrogen) atoms. The van der Waals surface area contributed by atoms with E-state index in [4.69, 9.17) is 5.73 Å². The quantitative estimate of drug-likeness (QED) is 0.637. The van der Waals surface area contributed by atoms with E-state index in [1.807, 2.05) is 6.07 Å². The molecule has 0 amide bonds. The lowest BCUT2D eigenvalue weighted by atomic mass is 10.1. The zero-order chi connectivity index (χ0) is 10.3. The Labute approximate surface area is 85.7 Å². The molecule has 1 aliphatic rings. The Kier molecular flexibility index (Phi) is 1.95. The molecule has 2 heteroatoms. The molecule has 1 heterocycles. The van der Waals surface area contributed by atoms with E-state index >= 15 is 0 Å². The number of nitrogens with zero attached hydrogens (tertiary/aromatic N) is 1. The maximum Gasteiger partial charge on any atom is 0.0424 e. The Bertz CT molecular complexity index is 350. The lowest BCUT2D eigenvalue weighted by Gasteiger charge is -2.34. The Morgan fingerprint density at radius 1 is 1.29 bits per heavy atom. The van der Waals surface area contributed by atoms with Crippen LogP contribution in [0, 0.1) is 0 Å². The van der Waals surface area contributed by atoms with E-state index in [2.05, 4.69) is 37.8 Å². The van der Waals surface area contributed by atoms with Gasteiger partial charge in [-0.05, 0) is 44.9 Å². The highest BCUT2D eigenvalue weighted by molar-refractivity contribution is 5.65. The first-order valence-electron chi connectivity index (χ1n) is 5.14. The number of fused-ring (bicyclic) bond motifs is 1. The number of benzene rings is 1. The third kappa shape index (κ3) is 1.45. The van der Waals surface area contributed by atoms with Gasteiger partial charge in [0.25, 0.3) is 0 Å². The van der Waals surface area contributed by atoms with Gasteiger partial charge >= 0.3 is 0 Å². The van der Waals surface area contributed by atoms with Crippen LogP contribution in [0.1, 0.15) is 26.3 Å². The van der Waals surface area contributed by atoms with E-state index in [1.54, 1.807) is 0 Å². The van der Waals surface area contributed by atoms with Crippen LogP contribution in [0.4, 0.5) is 11.4 Å².